The van der Waals surface area contributed by atoms with Gasteiger partial charge in [-0.15, -0.1) is 0 Å². The van der Waals surface area contributed by atoms with Crippen LogP contribution >= 0.6 is 0 Å². The summed E-state index contributed by atoms with van der Waals surface area (Å²) in [5.74, 6) is 0.309. The largest absolute Gasteiger partial charge is 0.452 e. The van der Waals surface area contributed by atoms with E-state index in [2.05, 4.69) is 0 Å². The molecule has 4 aromatic rings. The summed E-state index contributed by atoms with van der Waals surface area (Å²) in [5.41, 5.74) is 2.86. The maximum Gasteiger partial charge on any atom is 0.228 e. The number of carbonyl (C=O) groups is 1. The fraction of sp³-hybridized carbons (Fsp3) is 0.0870. The average Bonchev–Trinajstić information content (AvgIpc) is 3.07. The molecule has 0 amide bonds. The summed E-state index contributed by atoms with van der Waals surface area (Å²) in [4.78, 5) is 13.8. The van der Waals surface area contributed by atoms with Gasteiger partial charge in [0.05, 0.1) is 16.6 Å². The van der Waals surface area contributed by atoms with Gasteiger partial charge >= 0.3 is 0 Å². The van der Waals surface area contributed by atoms with Crippen molar-refractivity contribution in [3.63, 3.8) is 0 Å². The highest BCUT2D eigenvalue weighted by atomic mass is 32.2. The predicted octanol–water partition coefficient (Wildman–Crippen LogP) is 5.28. The Morgan fingerprint density at radius 2 is 1.56 bits per heavy atom. The smallest absolute Gasteiger partial charge is 0.228 e. The van der Waals surface area contributed by atoms with Gasteiger partial charge in [0.15, 0.2) is 5.76 Å². The van der Waals surface area contributed by atoms with Crippen LogP contribution in [0.4, 0.5) is 0 Å². The zero-order chi connectivity index (χ0) is 18.8. The van der Waals surface area contributed by atoms with Crippen molar-refractivity contribution in [2.45, 2.75) is 17.6 Å². The minimum absolute atomic E-state index is 0.191. The molecule has 3 aromatic carbocycles. The van der Waals surface area contributed by atoms with E-state index >= 15 is 0 Å². The monoisotopic (exact) mass is 374 g/mol. The minimum Gasteiger partial charge on any atom is -0.452 e. The molecule has 4 heteroatoms. The number of fused-ring (bicyclic) bond motifs is 1. The Balaban J connectivity index is 1.80. The Morgan fingerprint density at radius 1 is 0.889 bits per heavy atom. The van der Waals surface area contributed by atoms with E-state index in [1.165, 1.54) is 0 Å². The van der Waals surface area contributed by atoms with Crippen molar-refractivity contribution in [1.29, 1.82) is 0 Å². The molecule has 0 spiro atoms. The first-order chi connectivity index (χ1) is 13.1. The summed E-state index contributed by atoms with van der Waals surface area (Å²) in [6.07, 6.45) is 0. The number of aryl methyl sites for hydroxylation is 1. The first-order valence-electron chi connectivity index (χ1n) is 8.69. The molecule has 27 heavy (non-hydrogen) atoms. The van der Waals surface area contributed by atoms with E-state index in [0.29, 0.717) is 16.7 Å². The highest BCUT2D eigenvalue weighted by Gasteiger charge is 2.23. The van der Waals surface area contributed by atoms with Crippen LogP contribution in [0.1, 0.15) is 27.2 Å². The van der Waals surface area contributed by atoms with E-state index < -0.39 is 10.8 Å². The molecule has 0 radical (unpaired) electrons. The molecular formula is C23H18O3S. The van der Waals surface area contributed by atoms with Crippen LogP contribution in [-0.4, -0.2) is 9.99 Å². The summed E-state index contributed by atoms with van der Waals surface area (Å²) in [7, 11) is -1.28. The van der Waals surface area contributed by atoms with Gasteiger partial charge in [0.25, 0.3) is 0 Å². The first-order valence-corrected chi connectivity index (χ1v) is 10.0. The predicted molar refractivity (Wildman–Crippen MR) is 107 cm³/mol. The number of benzene rings is 3. The molecule has 0 aliphatic heterocycles. The van der Waals surface area contributed by atoms with Gasteiger partial charge < -0.3 is 4.42 Å². The summed E-state index contributed by atoms with van der Waals surface area (Å²) in [6, 6.07) is 24.1. The van der Waals surface area contributed by atoms with Gasteiger partial charge in [-0.05, 0) is 24.6 Å². The van der Waals surface area contributed by atoms with Gasteiger partial charge in [0.1, 0.15) is 5.58 Å². The normalized spacial score (nSPS) is 12.2. The van der Waals surface area contributed by atoms with Gasteiger partial charge in [-0.2, -0.15) is 0 Å². The summed E-state index contributed by atoms with van der Waals surface area (Å²) >= 11 is 0. The van der Waals surface area contributed by atoms with Crippen LogP contribution in [0.5, 0.6) is 0 Å². The average molecular weight is 374 g/mol. The molecule has 1 unspecified atom stereocenters. The molecule has 134 valence electrons. The molecule has 1 heterocycles. The molecule has 0 aliphatic rings. The molecule has 0 saturated heterocycles. The van der Waals surface area contributed by atoms with Crippen LogP contribution in [-0.2, 0) is 16.6 Å². The lowest BCUT2D eigenvalue weighted by Gasteiger charge is -2.06. The molecule has 0 aliphatic carbocycles. The van der Waals surface area contributed by atoms with Crippen molar-refractivity contribution in [3.8, 4) is 0 Å². The highest BCUT2D eigenvalue weighted by molar-refractivity contribution is 7.84. The van der Waals surface area contributed by atoms with E-state index in [9.17, 15) is 9.00 Å². The lowest BCUT2D eigenvalue weighted by Crippen LogP contribution is -2.06. The molecule has 0 fully saturated rings. The van der Waals surface area contributed by atoms with Gasteiger partial charge in [-0.25, -0.2) is 0 Å². The van der Waals surface area contributed by atoms with Gasteiger partial charge in [0, 0.05) is 21.4 Å². The quantitative estimate of drug-likeness (QED) is 0.447. The van der Waals surface area contributed by atoms with E-state index in [4.69, 9.17) is 4.42 Å². The Morgan fingerprint density at radius 3 is 2.33 bits per heavy atom. The Kier molecular flexibility index (Phi) is 4.73. The van der Waals surface area contributed by atoms with Gasteiger partial charge in [0.2, 0.25) is 5.78 Å². The number of furan rings is 1. The third kappa shape index (κ3) is 3.36. The molecule has 0 bridgehead atoms. The molecule has 1 atom stereocenters. The zero-order valence-corrected chi connectivity index (χ0v) is 15.7. The summed E-state index contributed by atoms with van der Waals surface area (Å²) in [6.45, 7) is 1.94. The second-order valence-corrected chi connectivity index (χ2v) is 7.78. The van der Waals surface area contributed by atoms with Crippen LogP contribution in [0, 0.1) is 6.92 Å². The third-order valence-corrected chi connectivity index (χ3v) is 6.05. The van der Waals surface area contributed by atoms with Crippen molar-refractivity contribution < 1.29 is 13.4 Å². The van der Waals surface area contributed by atoms with E-state index in [1.54, 1.807) is 12.1 Å². The van der Waals surface area contributed by atoms with Crippen LogP contribution in [0.3, 0.4) is 0 Å². The van der Waals surface area contributed by atoms with Crippen LogP contribution in [0.15, 0.2) is 88.2 Å². The zero-order valence-electron chi connectivity index (χ0n) is 14.8. The van der Waals surface area contributed by atoms with Crippen molar-refractivity contribution >= 4 is 27.6 Å². The highest BCUT2D eigenvalue weighted by Crippen LogP contribution is 2.30. The number of carbonyl (C=O) groups excluding carboxylic acids is 1. The topological polar surface area (TPSA) is 47.3 Å². The number of hydrogen-bond acceptors (Lipinski definition) is 3. The van der Waals surface area contributed by atoms with Crippen LogP contribution in [0.25, 0.3) is 11.0 Å². The Labute approximate surface area is 160 Å². The maximum atomic E-state index is 13.0. The van der Waals surface area contributed by atoms with Crippen molar-refractivity contribution in [2.75, 3.05) is 0 Å². The second-order valence-electron chi connectivity index (χ2n) is 6.36. The second kappa shape index (κ2) is 7.33. The fourth-order valence-electron chi connectivity index (χ4n) is 3.17. The third-order valence-electron chi connectivity index (χ3n) is 4.55. The standard InChI is InChI=1S/C23H18O3S/c1-16-9-5-8-14-21(16)27(25)15-19-18-12-6-7-13-20(18)26-23(19)22(24)17-10-3-2-4-11-17/h2-14H,15H2,1H3. The maximum absolute atomic E-state index is 13.0. The SMILES string of the molecule is Cc1ccccc1S(=O)Cc1c(C(=O)c2ccccc2)oc2ccccc12. The van der Waals surface area contributed by atoms with Crippen molar-refractivity contribution in [1.82, 2.24) is 0 Å². The Hall–Kier alpha value is -2.98. The number of ketones is 1. The first kappa shape index (κ1) is 17.4. The van der Waals surface area contributed by atoms with E-state index in [0.717, 1.165) is 15.8 Å². The molecule has 4 rings (SSSR count). The van der Waals surface area contributed by atoms with E-state index in [1.807, 2.05) is 73.7 Å². The van der Waals surface area contributed by atoms with Crippen molar-refractivity contribution in [2.24, 2.45) is 0 Å². The Bertz CT molecular complexity index is 1140. The van der Waals surface area contributed by atoms with Crippen LogP contribution in [0.2, 0.25) is 0 Å². The molecule has 3 nitrogen and oxygen atoms in total. The summed E-state index contributed by atoms with van der Waals surface area (Å²) < 4.78 is 18.9. The summed E-state index contributed by atoms with van der Waals surface area (Å²) in [5, 5.41) is 0.832. The van der Waals surface area contributed by atoms with Crippen LogP contribution < -0.4 is 0 Å². The molecule has 0 N–H and O–H groups in total. The van der Waals surface area contributed by atoms with Crippen molar-refractivity contribution in [3.05, 3.63) is 101 Å². The minimum atomic E-state index is -1.28. The molecular weight excluding hydrogens is 356 g/mol. The molecule has 1 aromatic heterocycles. The lowest BCUT2D eigenvalue weighted by atomic mass is 10.0. The molecule has 0 saturated carbocycles. The number of hydrogen-bond donors (Lipinski definition) is 0. The van der Waals surface area contributed by atoms with Gasteiger partial charge in [-0.3, -0.25) is 9.00 Å². The number of rotatable bonds is 5. The lowest BCUT2D eigenvalue weighted by molar-refractivity contribution is 0.101. The van der Waals surface area contributed by atoms with E-state index in [-0.39, 0.29) is 17.3 Å². The fourth-order valence-corrected chi connectivity index (χ4v) is 4.53. The number of para-hydroxylation sites is 1. The van der Waals surface area contributed by atoms with Gasteiger partial charge in [-0.1, -0.05) is 66.7 Å².